The molecule has 0 aromatic rings. The highest BCUT2D eigenvalue weighted by molar-refractivity contribution is 4.80. The van der Waals surface area contributed by atoms with Crippen molar-refractivity contribution in [2.24, 2.45) is 5.92 Å². The predicted octanol–water partition coefficient (Wildman–Crippen LogP) is -0.157. The molecular weight excluding hydrogens is 162 g/mol. The van der Waals surface area contributed by atoms with Crippen molar-refractivity contribution in [2.45, 2.75) is 6.42 Å². The first-order valence-electron chi connectivity index (χ1n) is 5.46. The second kappa shape index (κ2) is 4.40. The lowest BCUT2D eigenvalue weighted by atomic mass is 10.0. The van der Waals surface area contributed by atoms with Gasteiger partial charge in [-0.05, 0) is 32.5 Å². The molecule has 2 saturated heterocycles. The van der Waals surface area contributed by atoms with E-state index in [-0.39, 0.29) is 0 Å². The summed E-state index contributed by atoms with van der Waals surface area (Å²) in [7, 11) is 2.21. The van der Waals surface area contributed by atoms with E-state index < -0.39 is 0 Å². The molecule has 0 spiro atoms. The Morgan fingerprint density at radius 1 is 1.23 bits per heavy atom. The molecule has 0 saturated carbocycles. The quantitative estimate of drug-likeness (QED) is 0.642. The van der Waals surface area contributed by atoms with E-state index in [2.05, 4.69) is 22.2 Å². The van der Waals surface area contributed by atoms with E-state index in [1.165, 1.54) is 52.2 Å². The Hall–Kier alpha value is -0.120. The van der Waals surface area contributed by atoms with Gasteiger partial charge in [-0.15, -0.1) is 0 Å². The predicted molar refractivity (Wildman–Crippen MR) is 54.9 cm³/mol. The van der Waals surface area contributed by atoms with Gasteiger partial charge >= 0.3 is 0 Å². The third kappa shape index (κ3) is 2.66. The molecule has 0 radical (unpaired) electrons. The van der Waals surface area contributed by atoms with Gasteiger partial charge in [-0.1, -0.05) is 0 Å². The first-order valence-corrected chi connectivity index (χ1v) is 5.46. The number of nitrogens with zero attached hydrogens (tertiary/aromatic N) is 2. The number of hydrogen-bond acceptors (Lipinski definition) is 3. The minimum atomic E-state index is 0.947. The van der Waals surface area contributed by atoms with Gasteiger partial charge in [-0.25, -0.2) is 0 Å². The molecule has 2 fully saturated rings. The molecule has 0 unspecified atom stereocenters. The minimum Gasteiger partial charge on any atom is -0.315 e. The van der Waals surface area contributed by atoms with Gasteiger partial charge in [0.25, 0.3) is 0 Å². The Bertz CT molecular complexity index is 146. The van der Waals surface area contributed by atoms with E-state index in [1.807, 2.05) is 0 Å². The van der Waals surface area contributed by atoms with Crippen molar-refractivity contribution < 1.29 is 0 Å². The fourth-order valence-electron chi connectivity index (χ4n) is 2.39. The molecule has 0 amide bonds. The zero-order chi connectivity index (χ0) is 9.10. The van der Waals surface area contributed by atoms with Crippen molar-refractivity contribution in [3.63, 3.8) is 0 Å². The summed E-state index contributed by atoms with van der Waals surface area (Å²) in [4.78, 5) is 5.03. The molecule has 0 atom stereocenters. The number of likely N-dealkylation sites (tertiary alicyclic amines) is 1. The molecule has 0 aromatic heterocycles. The normalized spacial score (nSPS) is 28.4. The molecule has 1 N–H and O–H groups in total. The summed E-state index contributed by atoms with van der Waals surface area (Å²) in [5, 5.41) is 3.44. The van der Waals surface area contributed by atoms with E-state index in [0.717, 1.165) is 5.92 Å². The lowest BCUT2D eigenvalue weighted by Gasteiger charge is -2.39. The molecule has 3 heteroatoms. The summed E-state index contributed by atoms with van der Waals surface area (Å²) in [5.74, 6) is 0.947. The van der Waals surface area contributed by atoms with Crippen molar-refractivity contribution in [3.8, 4) is 0 Å². The lowest BCUT2D eigenvalue weighted by Crippen LogP contribution is -2.49. The van der Waals surface area contributed by atoms with Crippen LogP contribution in [0.3, 0.4) is 0 Å². The Morgan fingerprint density at radius 2 is 2.08 bits per heavy atom. The van der Waals surface area contributed by atoms with Gasteiger partial charge < -0.3 is 15.1 Å². The van der Waals surface area contributed by atoms with Crippen LogP contribution in [0.2, 0.25) is 0 Å². The fraction of sp³-hybridized carbons (Fsp3) is 1.00. The fourth-order valence-corrected chi connectivity index (χ4v) is 2.39. The summed E-state index contributed by atoms with van der Waals surface area (Å²) >= 11 is 0. The Morgan fingerprint density at radius 3 is 2.85 bits per heavy atom. The Kier molecular flexibility index (Phi) is 3.19. The van der Waals surface area contributed by atoms with Crippen LogP contribution in [0.1, 0.15) is 6.42 Å². The van der Waals surface area contributed by atoms with E-state index >= 15 is 0 Å². The van der Waals surface area contributed by atoms with E-state index in [4.69, 9.17) is 0 Å². The molecule has 2 aliphatic rings. The molecular formula is C10H21N3. The van der Waals surface area contributed by atoms with Crippen LogP contribution in [0.25, 0.3) is 0 Å². The molecule has 2 heterocycles. The van der Waals surface area contributed by atoms with Crippen molar-refractivity contribution in [1.29, 1.82) is 0 Å². The maximum atomic E-state index is 3.44. The third-order valence-electron chi connectivity index (χ3n) is 3.09. The van der Waals surface area contributed by atoms with E-state index in [0.29, 0.717) is 0 Å². The summed E-state index contributed by atoms with van der Waals surface area (Å²) < 4.78 is 0. The highest BCUT2D eigenvalue weighted by atomic mass is 15.2. The van der Waals surface area contributed by atoms with Gasteiger partial charge in [0.2, 0.25) is 0 Å². The molecule has 2 rings (SSSR count). The van der Waals surface area contributed by atoms with Crippen molar-refractivity contribution in [2.75, 3.05) is 52.9 Å². The van der Waals surface area contributed by atoms with Crippen LogP contribution in [0.5, 0.6) is 0 Å². The van der Waals surface area contributed by atoms with Crippen LogP contribution in [0.15, 0.2) is 0 Å². The van der Waals surface area contributed by atoms with Gasteiger partial charge in [0.1, 0.15) is 0 Å². The topological polar surface area (TPSA) is 18.5 Å². The summed E-state index contributed by atoms with van der Waals surface area (Å²) in [6, 6.07) is 0. The summed E-state index contributed by atoms with van der Waals surface area (Å²) in [6.45, 7) is 8.89. The minimum absolute atomic E-state index is 0.947. The summed E-state index contributed by atoms with van der Waals surface area (Å²) in [5.41, 5.74) is 0. The van der Waals surface area contributed by atoms with Crippen LogP contribution in [0, 0.1) is 5.92 Å². The summed E-state index contributed by atoms with van der Waals surface area (Å²) in [6.07, 6.45) is 1.32. The van der Waals surface area contributed by atoms with E-state index in [1.54, 1.807) is 0 Å². The second-order valence-corrected chi connectivity index (χ2v) is 4.49. The Balaban J connectivity index is 1.67. The van der Waals surface area contributed by atoms with Gasteiger partial charge in [-0.2, -0.15) is 0 Å². The van der Waals surface area contributed by atoms with Gasteiger partial charge in [0, 0.05) is 32.7 Å². The third-order valence-corrected chi connectivity index (χ3v) is 3.09. The monoisotopic (exact) mass is 183 g/mol. The number of rotatable bonds is 2. The zero-order valence-corrected chi connectivity index (χ0v) is 8.63. The molecule has 0 bridgehead atoms. The van der Waals surface area contributed by atoms with Crippen molar-refractivity contribution in [1.82, 2.24) is 15.1 Å². The highest BCUT2D eigenvalue weighted by Gasteiger charge is 2.25. The van der Waals surface area contributed by atoms with Crippen LogP contribution in [-0.2, 0) is 0 Å². The Labute approximate surface area is 81.1 Å². The van der Waals surface area contributed by atoms with Gasteiger partial charge in [0.15, 0.2) is 0 Å². The second-order valence-electron chi connectivity index (χ2n) is 4.49. The van der Waals surface area contributed by atoms with E-state index in [9.17, 15) is 0 Å². The van der Waals surface area contributed by atoms with Crippen LogP contribution in [-0.4, -0.2) is 62.7 Å². The number of hydrogen-bond donors (Lipinski definition) is 1. The SMILES string of the molecule is CN1CC(CN2CCCNCC2)C1. The van der Waals surface area contributed by atoms with Crippen molar-refractivity contribution in [3.05, 3.63) is 0 Å². The molecule has 13 heavy (non-hydrogen) atoms. The van der Waals surface area contributed by atoms with Crippen LogP contribution in [0.4, 0.5) is 0 Å². The maximum Gasteiger partial charge on any atom is 0.0107 e. The first-order chi connectivity index (χ1) is 6.34. The highest BCUT2D eigenvalue weighted by Crippen LogP contribution is 2.14. The lowest BCUT2D eigenvalue weighted by molar-refractivity contribution is 0.0932. The smallest absolute Gasteiger partial charge is 0.0107 e. The molecule has 0 aliphatic carbocycles. The van der Waals surface area contributed by atoms with Crippen LogP contribution >= 0.6 is 0 Å². The largest absolute Gasteiger partial charge is 0.315 e. The molecule has 2 aliphatic heterocycles. The van der Waals surface area contributed by atoms with Crippen molar-refractivity contribution >= 4 is 0 Å². The van der Waals surface area contributed by atoms with Gasteiger partial charge in [-0.3, -0.25) is 0 Å². The standard InChI is InChI=1S/C10H21N3/c1-12-7-10(8-12)9-13-5-2-3-11-4-6-13/h10-11H,2-9H2,1H3. The maximum absolute atomic E-state index is 3.44. The van der Waals surface area contributed by atoms with Crippen LogP contribution < -0.4 is 5.32 Å². The first kappa shape index (κ1) is 9.44. The molecule has 3 nitrogen and oxygen atoms in total. The average Bonchev–Trinajstić information content (AvgIpc) is 2.30. The number of nitrogens with one attached hydrogen (secondary N) is 1. The zero-order valence-electron chi connectivity index (χ0n) is 8.63. The average molecular weight is 183 g/mol. The molecule has 0 aromatic carbocycles. The van der Waals surface area contributed by atoms with Gasteiger partial charge in [0.05, 0.1) is 0 Å². The molecule has 76 valence electrons.